The van der Waals surface area contributed by atoms with E-state index in [1.165, 1.54) is 32.3 Å². The van der Waals surface area contributed by atoms with Crippen LogP contribution in [0, 0.1) is 5.82 Å². The molecule has 2 aromatic rings. The quantitative estimate of drug-likeness (QED) is 0.580. The molecule has 2 aromatic carbocycles. The van der Waals surface area contributed by atoms with Crippen LogP contribution in [-0.4, -0.2) is 41.7 Å². The van der Waals surface area contributed by atoms with Crippen LogP contribution in [0.5, 0.6) is 5.75 Å². The van der Waals surface area contributed by atoms with E-state index in [0.717, 1.165) is 15.4 Å². The summed E-state index contributed by atoms with van der Waals surface area (Å²) in [7, 11) is 2.59. The summed E-state index contributed by atoms with van der Waals surface area (Å²) in [4.78, 5) is 38.3. The molecule has 1 aliphatic rings. The maximum atomic E-state index is 13.0. The number of barbiturate groups is 1. The van der Waals surface area contributed by atoms with Crippen LogP contribution >= 0.6 is 11.6 Å². The number of imide groups is 2. The molecule has 1 saturated heterocycles. The Morgan fingerprint density at radius 1 is 1.00 bits per heavy atom. The molecule has 0 atom stereocenters. The van der Waals surface area contributed by atoms with Gasteiger partial charge in [0.05, 0.1) is 0 Å². The van der Waals surface area contributed by atoms with Gasteiger partial charge in [-0.3, -0.25) is 19.4 Å². The molecule has 6 nitrogen and oxygen atoms in total. The van der Waals surface area contributed by atoms with Crippen LogP contribution < -0.4 is 4.74 Å². The molecule has 144 valence electrons. The lowest BCUT2D eigenvalue weighted by Gasteiger charge is -2.29. The summed E-state index contributed by atoms with van der Waals surface area (Å²) in [5.41, 5.74) is 0.964. The van der Waals surface area contributed by atoms with Crippen molar-refractivity contribution < 1.29 is 23.5 Å². The average molecular weight is 403 g/mol. The van der Waals surface area contributed by atoms with E-state index < -0.39 is 17.8 Å². The van der Waals surface area contributed by atoms with Gasteiger partial charge in [0.1, 0.15) is 23.7 Å². The Bertz CT molecular complexity index is 962. The molecule has 1 heterocycles. The highest BCUT2D eigenvalue weighted by molar-refractivity contribution is 6.32. The van der Waals surface area contributed by atoms with Crippen LogP contribution in [0.4, 0.5) is 9.18 Å². The largest absolute Gasteiger partial charge is 0.488 e. The van der Waals surface area contributed by atoms with Gasteiger partial charge in [-0.05, 0) is 42.0 Å². The van der Waals surface area contributed by atoms with Gasteiger partial charge >= 0.3 is 6.03 Å². The molecule has 8 heteroatoms. The third-order valence-corrected chi connectivity index (χ3v) is 4.46. The van der Waals surface area contributed by atoms with Gasteiger partial charge in [0.25, 0.3) is 11.8 Å². The van der Waals surface area contributed by atoms with E-state index in [2.05, 4.69) is 0 Å². The molecule has 0 bridgehead atoms. The second-order valence-corrected chi connectivity index (χ2v) is 6.60. The van der Waals surface area contributed by atoms with Crippen LogP contribution in [0.1, 0.15) is 11.1 Å². The lowest BCUT2D eigenvalue weighted by atomic mass is 10.1. The lowest BCUT2D eigenvalue weighted by molar-refractivity contribution is -0.134. The van der Waals surface area contributed by atoms with Gasteiger partial charge in [-0.2, -0.15) is 0 Å². The molecule has 0 aliphatic carbocycles. The summed E-state index contributed by atoms with van der Waals surface area (Å²) < 4.78 is 18.8. The van der Waals surface area contributed by atoms with Gasteiger partial charge in [0.15, 0.2) is 0 Å². The van der Waals surface area contributed by atoms with Gasteiger partial charge in [0.2, 0.25) is 0 Å². The molecule has 0 radical (unpaired) electrons. The Morgan fingerprint density at radius 3 is 2.21 bits per heavy atom. The first kappa shape index (κ1) is 19.6. The van der Waals surface area contributed by atoms with E-state index in [9.17, 15) is 18.8 Å². The lowest BCUT2D eigenvalue weighted by Crippen LogP contribution is -2.52. The van der Waals surface area contributed by atoms with Crippen molar-refractivity contribution in [3.63, 3.8) is 0 Å². The molecule has 0 unspecified atom stereocenters. The number of likely N-dealkylation sites (N-methyl/N-ethyl adjacent to an activating group) is 2. The van der Waals surface area contributed by atoms with E-state index in [-0.39, 0.29) is 18.0 Å². The number of carbonyl (C=O) groups is 3. The molecule has 4 amide bonds. The summed E-state index contributed by atoms with van der Waals surface area (Å²) >= 11 is 6.05. The number of amides is 4. The number of hydrogen-bond donors (Lipinski definition) is 0. The van der Waals surface area contributed by atoms with E-state index in [0.29, 0.717) is 16.3 Å². The molecule has 28 heavy (non-hydrogen) atoms. The summed E-state index contributed by atoms with van der Waals surface area (Å²) in [5.74, 6) is -1.39. The minimum atomic E-state index is -0.711. The second-order valence-electron chi connectivity index (χ2n) is 6.17. The molecular formula is C20H16ClFN2O4. The molecule has 0 aromatic heterocycles. The fraction of sp³-hybridized carbons (Fsp3) is 0.150. The van der Waals surface area contributed by atoms with Crippen molar-refractivity contribution >= 4 is 35.5 Å². The van der Waals surface area contributed by atoms with Crippen LogP contribution in [0.15, 0.2) is 48.0 Å². The van der Waals surface area contributed by atoms with Gasteiger partial charge in [-0.25, -0.2) is 9.18 Å². The van der Waals surface area contributed by atoms with Gasteiger partial charge in [-0.1, -0.05) is 23.7 Å². The molecule has 0 saturated carbocycles. The number of rotatable bonds is 4. The molecule has 0 spiro atoms. The van der Waals surface area contributed by atoms with Crippen LogP contribution in [0.3, 0.4) is 0 Å². The zero-order valence-corrected chi connectivity index (χ0v) is 15.9. The van der Waals surface area contributed by atoms with Crippen molar-refractivity contribution in [3.05, 3.63) is 70.0 Å². The number of benzene rings is 2. The van der Waals surface area contributed by atoms with Gasteiger partial charge in [0, 0.05) is 24.7 Å². The first-order chi connectivity index (χ1) is 13.3. The van der Waals surface area contributed by atoms with Gasteiger partial charge in [-0.15, -0.1) is 0 Å². The number of halogens is 2. The smallest absolute Gasteiger partial charge is 0.333 e. The highest BCUT2D eigenvalue weighted by Gasteiger charge is 2.37. The van der Waals surface area contributed by atoms with E-state index in [4.69, 9.17) is 16.3 Å². The van der Waals surface area contributed by atoms with E-state index in [1.807, 2.05) is 0 Å². The zero-order chi connectivity index (χ0) is 20.4. The van der Waals surface area contributed by atoms with E-state index in [1.54, 1.807) is 30.3 Å². The summed E-state index contributed by atoms with van der Waals surface area (Å²) in [5, 5.41) is 0.384. The Labute approximate surface area is 165 Å². The third-order valence-electron chi connectivity index (χ3n) is 4.22. The Hall–Kier alpha value is -3.19. The molecule has 0 N–H and O–H groups in total. The standard InChI is InChI=1S/C20H16ClFN2O4/c1-23-18(25)16(19(26)24(2)20(23)27)10-13-9-14(21)5-8-17(13)28-11-12-3-6-15(22)7-4-12/h3-10H,11H2,1-2H3. The predicted octanol–water partition coefficient (Wildman–Crippen LogP) is 3.49. The van der Waals surface area contributed by atoms with Crippen LogP contribution in [-0.2, 0) is 16.2 Å². The number of ether oxygens (including phenoxy) is 1. The topological polar surface area (TPSA) is 66.9 Å². The molecule has 1 fully saturated rings. The Morgan fingerprint density at radius 2 is 1.61 bits per heavy atom. The fourth-order valence-electron chi connectivity index (χ4n) is 2.64. The maximum absolute atomic E-state index is 13.0. The highest BCUT2D eigenvalue weighted by atomic mass is 35.5. The Balaban J connectivity index is 1.93. The summed E-state index contributed by atoms with van der Waals surface area (Å²) in [6, 6.07) is 9.89. The summed E-state index contributed by atoms with van der Waals surface area (Å²) in [6.07, 6.45) is 1.34. The molecule has 1 aliphatic heterocycles. The number of urea groups is 1. The third kappa shape index (κ3) is 3.89. The summed E-state index contributed by atoms with van der Waals surface area (Å²) in [6.45, 7) is 0.151. The maximum Gasteiger partial charge on any atom is 0.333 e. The van der Waals surface area contributed by atoms with Crippen LogP contribution in [0.2, 0.25) is 5.02 Å². The monoisotopic (exact) mass is 402 g/mol. The van der Waals surface area contributed by atoms with Crippen molar-refractivity contribution in [1.82, 2.24) is 9.80 Å². The van der Waals surface area contributed by atoms with Crippen molar-refractivity contribution in [2.24, 2.45) is 0 Å². The van der Waals surface area contributed by atoms with Crippen LogP contribution in [0.25, 0.3) is 6.08 Å². The molecular weight excluding hydrogens is 387 g/mol. The van der Waals surface area contributed by atoms with Crippen molar-refractivity contribution in [3.8, 4) is 5.75 Å². The first-order valence-electron chi connectivity index (χ1n) is 8.26. The number of nitrogens with zero attached hydrogens (tertiary/aromatic N) is 2. The van der Waals surface area contributed by atoms with Crippen molar-refractivity contribution in [1.29, 1.82) is 0 Å². The first-order valence-corrected chi connectivity index (χ1v) is 8.64. The number of hydrogen-bond acceptors (Lipinski definition) is 4. The average Bonchev–Trinajstić information content (AvgIpc) is 2.69. The van der Waals surface area contributed by atoms with Gasteiger partial charge < -0.3 is 4.74 Å². The fourth-order valence-corrected chi connectivity index (χ4v) is 2.82. The Kier molecular flexibility index (Phi) is 5.46. The van der Waals surface area contributed by atoms with E-state index >= 15 is 0 Å². The molecule has 3 rings (SSSR count). The normalized spacial score (nSPS) is 14.6. The predicted molar refractivity (Wildman–Crippen MR) is 101 cm³/mol. The van der Waals surface area contributed by atoms with Crippen molar-refractivity contribution in [2.75, 3.05) is 14.1 Å². The van der Waals surface area contributed by atoms with Crippen molar-refractivity contribution in [2.45, 2.75) is 6.61 Å². The SMILES string of the molecule is CN1C(=O)C(=Cc2cc(Cl)ccc2OCc2ccc(F)cc2)C(=O)N(C)C1=O. The number of carbonyl (C=O) groups excluding carboxylic acids is 3. The second kappa shape index (κ2) is 7.82. The minimum Gasteiger partial charge on any atom is -0.488 e. The zero-order valence-electron chi connectivity index (χ0n) is 15.1. The minimum absolute atomic E-state index is 0.151. The highest BCUT2D eigenvalue weighted by Crippen LogP contribution is 2.28.